The van der Waals surface area contributed by atoms with E-state index in [2.05, 4.69) is 9.71 Å². The molecule has 0 spiro atoms. The number of aromatic nitrogens is 1. The molecule has 24 heavy (non-hydrogen) atoms. The van der Waals surface area contributed by atoms with Crippen LogP contribution in [0.25, 0.3) is 0 Å². The smallest absolute Gasteiger partial charge is 0.261 e. The highest BCUT2D eigenvalue weighted by Gasteiger charge is 2.31. The van der Waals surface area contributed by atoms with E-state index in [0.717, 1.165) is 4.90 Å². The molecule has 0 unspecified atom stereocenters. The van der Waals surface area contributed by atoms with Crippen molar-refractivity contribution in [2.75, 3.05) is 9.62 Å². The molecule has 0 atom stereocenters. The van der Waals surface area contributed by atoms with Gasteiger partial charge < -0.3 is 0 Å². The van der Waals surface area contributed by atoms with Crippen molar-refractivity contribution in [1.82, 2.24) is 4.98 Å². The van der Waals surface area contributed by atoms with Crippen molar-refractivity contribution in [3.05, 3.63) is 48.3 Å². The van der Waals surface area contributed by atoms with Gasteiger partial charge in [0, 0.05) is 25.2 Å². The van der Waals surface area contributed by atoms with E-state index in [4.69, 9.17) is 0 Å². The molecule has 1 fully saturated rings. The van der Waals surface area contributed by atoms with Gasteiger partial charge in [-0.2, -0.15) is 0 Å². The molecule has 1 aliphatic heterocycles. The summed E-state index contributed by atoms with van der Waals surface area (Å²) in [5, 5.41) is 0. The Balaban J connectivity index is 1.92. The van der Waals surface area contributed by atoms with Crippen LogP contribution in [-0.2, 0) is 19.6 Å². The van der Waals surface area contributed by atoms with Gasteiger partial charge in [-0.25, -0.2) is 8.42 Å². The fraction of sp³-hybridized carbons (Fsp3) is 0.188. The molecule has 0 bridgehead atoms. The lowest BCUT2D eigenvalue weighted by Crippen LogP contribution is -2.29. The highest BCUT2D eigenvalue weighted by molar-refractivity contribution is 7.92. The van der Waals surface area contributed by atoms with Gasteiger partial charge in [0.1, 0.15) is 0 Å². The maximum Gasteiger partial charge on any atom is 0.261 e. The van der Waals surface area contributed by atoms with Crippen molar-refractivity contribution in [2.45, 2.75) is 24.7 Å². The average Bonchev–Trinajstić information content (AvgIpc) is 2.87. The van der Waals surface area contributed by atoms with Gasteiger partial charge in [-0.3, -0.25) is 24.2 Å². The molecule has 0 radical (unpaired) electrons. The molecule has 1 aromatic heterocycles. The van der Waals surface area contributed by atoms with Crippen LogP contribution in [0.5, 0.6) is 0 Å². The second kappa shape index (κ2) is 6.04. The number of carbonyl (C=O) groups is 2. The molecule has 2 aromatic rings. The van der Waals surface area contributed by atoms with Crippen LogP contribution >= 0.6 is 0 Å². The van der Waals surface area contributed by atoms with Gasteiger partial charge in [-0.15, -0.1) is 0 Å². The number of hydrogen-bond donors (Lipinski definition) is 1. The van der Waals surface area contributed by atoms with E-state index in [0.29, 0.717) is 16.9 Å². The number of carbonyl (C=O) groups excluding carboxylic acids is 2. The first-order valence-corrected chi connectivity index (χ1v) is 8.76. The van der Waals surface area contributed by atoms with Gasteiger partial charge in [0.25, 0.3) is 10.0 Å². The third-order valence-corrected chi connectivity index (χ3v) is 5.08. The predicted octanol–water partition coefficient (Wildman–Crippen LogP) is 1.84. The van der Waals surface area contributed by atoms with E-state index in [1.165, 1.54) is 30.6 Å². The van der Waals surface area contributed by atoms with Crippen molar-refractivity contribution >= 4 is 33.2 Å². The lowest BCUT2D eigenvalue weighted by atomic mass is 10.2. The van der Waals surface area contributed by atoms with Crippen molar-refractivity contribution in [2.24, 2.45) is 0 Å². The number of amides is 2. The lowest BCUT2D eigenvalue weighted by molar-refractivity contribution is -0.121. The average molecular weight is 345 g/mol. The summed E-state index contributed by atoms with van der Waals surface area (Å²) in [5.74, 6) is -0.540. The van der Waals surface area contributed by atoms with E-state index in [-0.39, 0.29) is 29.6 Å². The number of rotatable bonds is 4. The maximum atomic E-state index is 12.4. The molecule has 124 valence electrons. The van der Waals surface area contributed by atoms with Crippen LogP contribution < -0.4 is 9.62 Å². The first-order valence-electron chi connectivity index (χ1n) is 7.28. The van der Waals surface area contributed by atoms with E-state index in [1.807, 2.05) is 0 Å². The SMILES string of the molecule is Cc1cc(S(=O)(=O)Nc2ccncc2)ccc1N1C(=O)CCC1=O. The van der Waals surface area contributed by atoms with Gasteiger partial charge in [0.05, 0.1) is 16.3 Å². The lowest BCUT2D eigenvalue weighted by Gasteiger charge is -2.17. The summed E-state index contributed by atoms with van der Waals surface area (Å²) < 4.78 is 27.3. The van der Waals surface area contributed by atoms with Crippen LogP contribution in [0, 0.1) is 6.92 Å². The summed E-state index contributed by atoms with van der Waals surface area (Å²) in [7, 11) is -3.77. The minimum absolute atomic E-state index is 0.0552. The van der Waals surface area contributed by atoms with Crippen molar-refractivity contribution in [3.8, 4) is 0 Å². The molecule has 0 saturated carbocycles. The van der Waals surface area contributed by atoms with Gasteiger partial charge in [0.15, 0.2) is 0 Å². The summed E-state index contributed by atoms with van der Waals surface area (Å²) >= 11 is 0. The van der Waals surface area contributed by atoms with Crippen LogP contribution in [0.15, 0.2) is 47.6 Å². The third kappa shape index (κ3) is 3.00. The largest absolute Gasteiger partial charge is 0.280 e. The molecule has 0 aliphatic carbocycles. The third-order valence-electron chi connectivity index (χ3n) is 3.70. The zero-order chi connectivity index (χ0) is 17.3. The summed E-state index contributed by atoms with van der Waals surface area (Å²) in [4.78, 5) is 28.7. The summed E-state index contributed by atoms with van der Waals surface area (Å²) in [6, 6.07) is 7.39. The molecular weight excluding hydrogens is 330 g/mol. The molecule has 1 aliphatic rings. The monoisotopic (exact) mass is 345 g/mol. The zero-order valence-electron chi connectivity index (χ0n) is 12.9. The van der Waals surface area contributed by atoms with E-state index in [9.17, 15) is 18.0 Å². The molecule has 1 N–H and O–H groups in total. The Morgan fingerprint density at radius 2 is 1.67 bits per heavy atom. The summed E-state index contributed by atoms with van der Waals surface area (Å²) in [6.45, 7) is 1.67. The summed E-state index contributed by atoms with van der Waals surface area (Å²) in [5.41, 5.74) is 1.36. The predicted molar refractivity (Wildman–Crippen MR) is 88.0 cm³/mol. The van der Waals surface area contributed by atoms with Crippen LogP contribution in [0.1, 0.15) is 18.4 Å². The Morgan fingerprint density at radius 1 is 1.04 bits per heavy atom. The second-order valence-electron chi connectivity index (χ2n) is 5.41. The number of sulfonamides is 1. The molecule has 3 rings (SSSR count). The summed E-state index contributed by atoms with van der Waals surface area (Å²) in [6.07, 6.45) is 3.33. The highest BCUT2D eigenvalue weighted by Crippen LogP contribution is 2.28. The Bertz CT molecular complexity index is 894. The Hall–Kier alpha value is -2.74. The van der Waals surface area contributed by atoms with Crippen LogP contribution in [0.3, 0.4) is 0 Å². The topological polar surface area (TPSA) is 96.4 Å². The van der Waals surface area contributed by atoms with Crippen molar-refractivity contribution < 1.29 is 18.0 Å². The fourth-order valence-electron chi connectivity index (χ4n) is 2.53. The number of pyridine rings is 1. The molecule has 8 heteroatoms. The first-order chi connectivity index (χ1) is 11.4. The first kappa shape index (κ1) is 16.1. The Labute approximate surface area is 139 Å². The van der Waals surface area contributed by atoms with Crippen LogP contribution in [0.4, 0.5) is 11.4 Å². The Kier molecular flexibility index (Phi) is 4.06. The number of benzene rings is 1. The minimum Gasteiger partial charge on any atom is -0.280 e. The number of imide groups is 1. The molecule has 1 aromatic carbocycles. The second-order valence-corrected chi connectivity index (χ2v) is 7.09. The van der Waals surface area contributed by atoms with Gasteiger partial charge in [-0.05, 0) is 42.8 Å². The number of anilines is 2. The van der Waals surface area contributed by atoms with Gasteiger partial charge >= 0.3 is 0 Å². The zero-order valence-corrected chi connectivity index (χ0v) is 13.7. The van der Waals surface area contributed by atoms with E-state index < -0.39 is 10.0 Å². The van der Waals surface area contributed by atoms with Crippen LogP contribution in [-0.4, -0.2) is 25.2 Å². The normalized spacial score (nSPS) is 15.0. The molecular formula is C16H15N3O4S. The number of nitrogens with zero attached hydrogens (tertiary/aromatic N) is 2. The van der Waals surface area contributed by atoms with Crippen LogP contribution in [0.2, 0.25) is 0 Å². The van der Waals surface area contributed by atoms with E-state index in [1.54, 1.807) is 19.1 Å². The van der Waals surface area contributed by atoms with Crippen molar-refractivity contribution in [1.29, 1.82) is 0 Å². The van der Waals surface area contributed by atoms with Gasteiger partial charge in [-0.1, -0.05) is 0 Å². The minimum atomic E-state index is -3.77. The number of nitrogens with one attached hydrogen (secondary N) is 1. The maximum absolute atomic E-state index is 12.4. The molecule has 2 amide bonds. The van der Waals surface area contributed by atoms with E-state index >= 15 is 0 Å². The Morgan fingerprint density at radius 3 is 2.25 bits per heavy atom. The molecule has 2 heterocycles. The van der Waals surface area contributed by atoms with Crippen molar-refractivity contribution in [3.63, 3.8) is 0 Å². The number of aryl methyl sites for hydroxylation is 1. The molecule has 1 saturated heterocycles. The van der Waals surface area contributed by atoms with Gasteiger partial charge in [0.2, 0.25) is 11.8 Å². The standard InChI is InChI=1S/C16H15N3O4S/c1-11-10-13(24(22,23)18-12-6-8-17-9-7-12)2-3-14(11)19-15(20)4-5-16(19)21/h2-3,6-10H,4-5H2,1H3,(H,17,18). The fourth-order valence-corrected chi connectivity index (χ4v) is 3.67. The highest BCUT2D eigenvalue weighted by atomic mass is 32.2. The number of hydrogen-bond acceptors (Lipinski definition) is 5. The molecule has 7 nitrogen and oxygen atoms in total. The quantitative estimate of drug-likeness (QED) is 0.853.